The van der Waals surface area contributed by atoms with Crippen LogP contribution in [-0.4, -0.2) is 17.9 Å². The molecule has 0 unspecified atom stereocenters. The summed E-state index contributed by atoms with van der Waals surface area (Å²) < 4.78 is 6.43. The SMILES string of the molecule is CC(C)Oc1ccc(/C=C2/C(=O)NN(c3ccccc3)C2=O)cc1Br. The number of halogens is 1. The van der Waals surface area contributed by atoms with Gasteiger partial charge in [0.25, 0.3) is 11.8 Å². The van der Waals surface area contributed by atoms with Crippen LogP contribution in [0.1, 0.15) is 19.4 Å². The second kappa shape index (κ2) is 7.11. The highest BCUT2D eigenvalue weighted by molar-refractivity contribution is 9.10. The predicted molar refractivity (Wildman–Crippen MR) is 100.0 cm³/mol. The van der Waals surface area contributed by atoms with Crippen molar-refractivity contribution in [1.29, 1.82) is 0 Å². The molecule has 2 amide bonds. The summed E-state index contributed by atoms with van der Waals surface area (Å²) >= 11 is 3.45. The summed E-state index contributed by atoms with van der Waals surface area (Å²) in [7, 11) is 0. The molecule has 0 spiro atoms. The standard InChI is InChI=1S/C19H17BrN2O3/c1-12(2)25-17-9-8-13(11-16(17)20)10-15-18(23)21-22(19(15)24)14-6-4-3-5-7-14/h3-12H,1-2H3,(H,21,23)/b15-10-. The van der Waals surface area contributed by atoms with Crippen molar-refractivity contribution in [3.8, 4) is 5.75 Å². The second-order valence-electron chi connectivity index (χ2n) is 5.83. The molecular weight excluding hydrogens is 384 g/mol. The van der Waals surface area contributed by atoms with E-state index < -0.39 is 5.91 Å². The van der Waals surface area contributed by atoms with Crippen LogP contribution in [0.2, 0.25) is 0 Å². The Hall–Kier alpha value is -2.60. The third-order valence-electron chi connectivity index (χ3n) is 3.54. The van der Waals surface area contributed by atoms with E-state index in [1.165, 1.54) is 5.01 Å². The van der Waals surface area contributed by atoms with Crippen molar-refractivity contribution in [1.82, 2.24) is 5.43 Å². The third kappa shape index (κ3) is 3.74. The van der Waals surface area contributed by atoms with Crippen LogP contribution >= 0.6 is 15.9 Å². The minimum atomic E-state index is -0.424. The van der Waals surface area contributed by atoms with E-state index >= 15 is 0 Å². The van der Waals surface area contributed by atoms with Crippen LogP contribution in [-0.2, 0) is 9.59 Å². The highest BCUT2D eigenvalue weighted by atomic mass is 79.9. The predicted octanol–water partition coefficient (Wildman–Crippen LogP) is 3.70. The monoisotopic (exact) mass is 400 g/mol. The Kier molecular flexibility index (Phi) is 4.90. The van der Waals surface area contributed by atoms with Gasteiger partial charge < -0.3 is 4.74 Å². The average Bonchev–Trinajstić information content (AvgIpc) is 2.86. The number of para-hydroxylation sites is 1. The normalized spacial score (nSPS) is 15.8. The lowest BCUT2D eigenvalue weighted by atomic mass is 10.1. The molecule has 1 N–H and O–H groups in total. The van der Waals surface area contributed by atoms with Gasteiger partial charge in [0.15, 0.2) is 0 Å². The fraction of sp³-hybridized carbons (Fsp3) is 0.158. The molecule has 0 bridgehead atoms. The minimum absolute atomic E-state index is 0.0575. The molecule has 128 valence electrons. The Bertz CT molecular complexity index is 847. The van der Waals surface area contributed by atoms with Crippen LogP contribution in [0.4, 0.5) is 5.69 Å². The van der Waals surface area contributed by atoms with Crippen molar-refractivity contribution >= 4 is 39.5 Å². The maximum absolute atomic E-state index is 12.6. The van der Waals surface area contributed by atoms with Crippen LogP contribution in [0.15, 0.2) is 58.6 Å². The van der Waals surface area contributed by atoms with Gasteiger partial charge >= 0.3 is 0 Å². The molecule has 6 heteroatoms. The van der Waals surface area contributed by atoms with E-state index in [-0.39, 0.29) is 17.6 Å². The van der Waals surface area contributed by atoms with E-state index in [2.05, 4.69) is 21.4 Å². The first-order valence-electron chi connectivity index (χ1n) is 7.84. The van der Waals surface area contributed by atoms with E-state index in [1.807, 2.05) is 32.0 Å². The molecule has 5 nitrogen and oxygen atoms in total. The van der Waals surface area contributed by atoms with Crippen LogP contribution in [0.3, 0.4) is 0 Å². The molecule has 1 aliphatic rings. The number of rotatable bonds is 4. The smallest absolute Gasteiger partial charge is 0.282 e. The van der Waals surface area contributed by atoms with Crippen LogP contribution in [0.25, 0.3) is 6.08 Å². The zero-order chi connectivity index (χ0) is 18.0. The highest BCUT2D eigenvalue weighted by Crippen LogP contribution is 2.28. The topological polar surface area (TPSA) is 58.6 Å². The molecule has 1 aliphatic heterocycles. The molecule has 3 rings (SSSR count). The van der Waals surface area contributed by atoms with Crippen molar-refractivity contribution < 1.29 is 14.3 Å². The van der Waals surface area contributed by atoms with Gasteiger partial charge in [0.2, 0.25) is 0 Å². The van der Waals surface area contributed by atoms with Crippen molar-refractivity contribution in [2.24, 2.45) is 0 Å². The number of hydrazine groups is 1. The third-order valence-corrected chi connectivity index (χ3v) is 4.16. The van der Waals surface area contributed by atoms with Gasteiger partial charge in [-0.3, -0.25) is 15.0 Å². The van der Waals surface area contributed by atoms with Crippen molar-refractivity contribution in [2.75, 3.05) is 5.01 Å². The van der Waals surface area contributed by atoms with Gasteiger partial charge in [0, 0.05) is 0 Å². The van der Waals surface area contributed by atoms with Gasteiger partial charge in [-0.1, -0.05) is 24.3 Å². The summed E-state index contributed by atoms with van der Waals surface area (Å²) in [5.74, 6) is -0.0902. The minimum Gasteiger partial charge on any atom is -0.490 e. The molecule has 0 aromatic heterocycles. The van der Waals surface area contributed by atoms with Crippen LogP contribution in [0, 0.1) is 0 Å². The number of ether oxygens (including phenoxy) is 1. The molecule has 0 aliphatic carbocycles. The fourth-order valence-corrected chi connectivity index (χ4v) is 2.93. The Labute approximate surface area is 154 Å². The second-order valence-corrected chi connectivity index (χ2v) is 6.69. The molecule has 1 fully saturated rings. The van der Waals surface area contributed by atoms with Crippen LogP contribution < -0.4 is 15.2 Å². The number of amides is 2. The van der Waals surface area contributed by atoms with E-state index in [1.54, 1.807) is 36.4 Å². The molecular formula is C19H17BrN2O3. The summed E-state index contributed by atoms with van der Waals surface area (Å²) in [6.07, 6.45) is 1.63. The number of hydrogen-bond donors (Lipinski definition) is 1. The quantitative estimate of drug-likeness (QED) is 0.628. The van der Waals surface area contributed by atoms with Gasteiger partial charge in [-0.05, 0) is 65.7 Å². The number of hydrogen-bond acceptors (Lipinski definition) is 3. The Morgan fingerprint density at radius 3 is 2.48 bits per heavy atom. The summed E-state index contributed by atoms with van der Waals surface area (Å²) in [5.41, 5.74) is 4.02. The first-order valence-corrected chi connectivity index (χ1v) is 8.63. The summed E-state index contributed by atoms with van der Waals surface area (Å²) in [6, 6.07) is 14.4. The highest BCUT2D eigenvalue weighted by Gasteiger charge is 2.34. The first-order chi connectivity index (χ1) is 12.0. The maximum atomic E-state index is 12.6. The molecule has 0 radical (unpaired) electrons. The van der Waals surface area contributed by atoms with Crippen LogP contribution in [0.5, 0.6) is 5.75 Å². The molecule has 2 aromatic carbocycles. The Balaban J connectivity index is 1.87. The lowest BCUT2D eigenvalue weighted by Crippen LogP contribution is -2.35. The van der Waals surface area contributed by atoms with Gasteiger partial charge in [-0.15, -0.1) is 0 Å². The number of nitrogens with one attached hydrogen (secondary N) is 1. The lowest BCUT2D eigenvalue weighted by molar-refractivity contribution is -0.117. The fourth-order valence-electron chi connectivity index (χ4n) is 2.44. The van der Waals surface area contributed by atoms with Gasteiger partial charge in [0.05, 0.1) is 16.3 Å². The van der Waals surface area contributed by atoms with E-state index in [0.29, 0.717) is 11.4 Å². The summed E-state index contributed by atoms with van der Waals surface area (Å²) in [6.45, 7) is 3.89. The van der Waals surface area contributed by atoms with E-state index in [4.69, 9.17) is 4.74 Å². The van der Waals surface area contributed by atoms with Gasteiger partial charge in [-0.2, -0.15) is 0 Å². The molecule has 0 atom stereocenters. The van der Waals surface area contributed by atoms with Gasteiger partial charge in [0.1, 0.15) is 11.3 Å². The Morgan fingerprint density at radius 2 is 1.84 bits per heavy atom. The zero-order valence-corrected chi connectivity index (χ0v) is 15.4. The van der Waals surface area contributed by atoms with Crippen molar-refractivity contribution in [2.45, 2.75) is 20.0 Å². The summed E-state index contributed by atoms with van der Waals surface area (Å²) in [5, 5.41) is 1.25. The average molecular weight is 401 g/mol. The van der Waals surface area contributed by atoms with E-state index in [9.17, 15) is 9.59 Å². The van der Waals surface area contributed by atoms with Crippen molar-refractivity contribution in [3.63, 3.8) is 0 Å². The molecule has 25 heavy (non-hydrogen) atoms. The zero-order valence-electron chi connectivity index (χ0n) is 13.8. The van der Waals surface area contributed by atoms with Gasteiger partial charge in [-0.25, -0.2) is 5.01 Å². The first kappa shape index (κ1) is 17.2. The Morgan fingerprint density at radius 1 is 1.12 bits per heavy atom. The molecule has 2 aromatic rings. The summed E-state index contributed by atoms with van der Waals surface area (Å²) in [4.78, 5) is 24.7. The number of benzene rings is 2. The number of carbonyl (C=O) groups is 2. The van der Waals surface area contributed by atoms with E-state index in [0.717, 1.165) is 10.0 Å². The number of anilines is 1. The largest absolute Gasteiger partial charge is 0.490 e. The molecule has 1 saturated heterocycles. The number of nitrogens with zero attached hydrogens (tertiary/aromatic N) is 1. The van der Waals surface area contributed by atoms with Crippen molar-refractivity contribution in [3.05, 3.63) is 64.1 Å². The number of carbonyl (C=O) groups excluding carboxylic acids is 2. The lowest BCUT2D eigenvalue weighted by Gasteiger charge is -2.14. The molecule has 1 heterocycles. The maximum Gasteiger partial charge on any atom is 0.282 e. The molecule has 0 saturated carbocycles.